The molecule has 0 aliphatic carbocycles. The molecular weight excluding hydrogens is 452 g/mol. The zero-order valence-corrected chi connectivity index (χ0v) is 23.4. The Morgan fingerprint density at radius 1 is 0.838 bits per heavy atom. The number of aryl methyl sites for hydroxylation is 2. The maximum absolute atomic E-state index is 6.95. The lowest BCUT2D eigenvalue weighted by atomic mass is 9.82. The highest BCUT2D eigenvalue weighted by Crippen LogP contribution is 2.52. The Hall–Kier alpha value is -3.46. The third-order valence-corrected chi connectivity index (χ3v) is 7.58. The first-order valence-corrected chi connectivity index (χ1v) is 13.4. The molecular formula is C34H37N2O+. The van der Waals surface area contributed by atoms with Crippen molar-refractivity contribution in [1.29, 1.82) is 0 Å². The van der Waals surface area contributed by atoms with Crippen molar-refractivity contribution in [3.05, 3.63) is 71.7 Å². The van der Waals surface area contributed by atoms with Crippen LogP contribution in [-0.2, 0) is 19.9 Å². The number of rotatable bonds is 2. The van der Waals surface area contributed by atoms with Gasteiger partial charge in [0.25, 0.3) is 0 Å². The van der Waals surface area contributed by atoms with Crippen LogP contribution in [0.25, 0.3) is 43.6 Å². The standard InChI is InChI=1S/C34H37N2O/c1-20-23-11-13-35-19-27(23)26(18-34(5,6)7)32-29(20)31-30-24(12-14-36(31)8)25-15-21(17-33(2,3)4)9-10-22(25)16-28(30)37-32/h9-16,19H,17-18H2,1-8H3/q+1. The van der Waals surface area contributed by atoms with E-state index in [1.54, 1.807) is 0 Å². The summed E-state index contributed by atoms with van der Waals surface area (Å²) in [7, 11) is 2.16. The Morgan fingerprint density at radius 2 is 1.59 bits per heavy atom. The molecule has 0 N–H and O–H groups in total. The number of benzene rings is 3. The van der Waals surface area contributed by atoms with Crippen molar-refractivity contribution in [1.82, 2.24) is 4.98 Å². The van der Waals surface area contributed by atoms with Gasteiger partial charge in [-0.3, -0.25) is 4.98 Å². The van der Waals surface area contributed by atoms with Gasteiger partial charge in [-0.15, -0.1) is 0 Å². The third-order valence-electron chi connectivity index (χ3n) is 7.58. The number of hydrogen-bond donors (Lipinski definition) is 0. The zero-order chi connectivity index (χ0) is 26.3. The highest BCUT2D eigenvalue weighted by molar-refractivity contribution is 6.16. The molecule has 2 aromatic heterocycles. The molecule has 3 heteroatoms. The summed E-state index contributed by atoms with van der Waals surface area (Å²) in [5.41, 5.74) is 6.68. The number of hydrogen-bond acceptors (Lipinski definition) is 2. The van der Waals surface area contributed by atoms with Gasteiger partial charge in [0.05, 0.1) is 10.9 Å². The fraction of sp³-hybridized carbons (Fsp3) is 0.353. The van der Waals surface area contributed by atoms with Crippen molar-refractivity contribution in [2.45, 2.75) is 61.3 Å². The molecule has 37 heavy (non-hydrogen) atoms. The smallest absolute Gasteiger partial charge is 0.228 e. The average Bonchev–Trinajstić information content (AvgIpc) is 2.81. The molecule has 0 saturated heterocycles. The summed E-state index contributed by atoms with van der Waals surface area (Å²) in [6.07, 6.45) is 8.10. The number of fused-ring (bicyclic) bond motifs is 5. The summed E-state index contributed by atoms with van der Waals surface area (Å²) in [6.45, 7) is 16.0. The SMILES string of the molecule is Cc1c2c(c(CC(C)(C)C)c3cnccc13)Oc1cc3ccc(CC(C)(C)C)cc3c3cc[n+](C)c-2c13. The third kappa shape index (κ3) is 3.96. The van der Waals surface area contributed by atoms with Crippen molar-refractivity contribution >= 4 is 32.3 Å². The van der Waals surface area contributed by atoms with Gasteiger partial charge in [0, 0.05) is 34.8 Å². The van der Waals surface area contributed by atoms with Gasteiger partial charge in [0.15, 0.2) is 6.20 Å². The lowest BCUT2D eigenvalue weighted by Crippen LogP contribution is -2.32. The second kappa shape index (κ2) is 8.02. The van der Waals surface area contributed by atoms with E-state index in [2.05, 4.69) is 108 Å². The van der Waals surface area contributed by atoms with Crippen molar-refractivity contribution in [2.75, 3.05) is 0 Å². The summed E-state index contributed by atoms with van der Waals surface area (Å²) in [4.78, 5) is 4.51. The number of aromatic nitrogens is 2. The van der Waals surface area contributed by atoms with Crippen LogP contribution in [0.15, 0.2) is 55.0 Å². The second-order valence-electron chi connectivity index (χ2n) is 13.3. The highest BCUT2D eigenvalue weighted by atomic mass is 16.5. The van der Waals surface area contributed by atoms with Gasteiger partial charge in [-0.2, -0.15) is 0 Å². The Kier molecular flexibility index (Phi) is 5.18. The fourth-order valence-corrected chi connectivity index (χ4v) is 6.16. The van der Waals surface area contributed by atoms with E-state index in [-0.39, 0.29) is 10.8 Å². The molecule has 1 aliphatic rings. The van der Waals surface area contributed by atoms with Gasteiger partial charge in [0.1, 0.15) is 18.5 Å². The van der Waals surface area contributed by atoms with E-state index in [0.29, 0.717) is 0 Å². The normalized spacial score (nSPS) is 13.3. The molecule has 0 unspecified atom stereocenters. The first-order valence-electron chi connectivity index (χ1n) is 13.4. The van der Waals surface area contributed by atoms with Gasteiger partial charge in [0.2, 0.25) is 5.69 Å². The summed E-state index contributed by atoms with van der Waals surface area (Å²) < 4.78 is 9.23. The molecule has 3 aromatic carbocycles. The first kappa shape index (κ1) is 23.9. The Morgan fingerprint density at radius 3 is 2.32 bits per heavy atom. The molecule has 0 saturated carbocycles. The highest BCUT2D eigenvalue weighted by Gasteiger charge is 2.34. The Bertz CT molecular complexity index is 1730. The molecule has 0 atom stereocenters. The minimum atomic E-state index is 0.108. The van der Waals surface area contributed by atoms with Gasteiger partial charge in [-0.1, -0.05) is 59.7 Å². The topological polar surface area (TPSA) is 26.0 Å². The predicted octanol–water partition coefficient (Wildman–Crippen LogP) is 8.62. The maximum Gasteiger partial charge on any atom is 0.228 e. The summed E-state index contributed by atoms with van der Waals surface area (Å²) in [6, 6.07) is 13.6. The van der Waals surface area contributed by atoms with Gasteiger partial charge < -0.3 is 4.74 Å². The summed E-state index contributed by atoms with van der Waals surface area (Å²) >= 11 is 0. The van der Waals surface area contributed by atoms with E-state index in [1.807, 2.05) is 12.4 Å². The van der Waals surface area contributed by atoms with E-state index in [9.17, 15) is 0 Å². The largest absolute Gasteiger partial charge is 0.455 e. The minimum absolute atomic E-state index is 0.108. The Labute approximate surface area is 220 Å². The zero-order valence-electron chi connectivity index (χ0n) is 23.4. The predicted molar refractivity (Wildman–Crippen MR) is 154 cm³/mol. The first-order chi connectivity index (χ1) is 17.4. The van der Waals surface area contributed by atoms with Gasteiger partial charge in [-0.25, -0.2) is 4.57 Å². The minimum Gasteiger partial charge on any atom is -0.455 e. The van der Waals surface area contributed by atoms with Crippen molar-refractivity contribution in [3.63, 3.8) is 0 Å². The number of pyridine rings is 2. The molecule has 0 fully saturated rings. The fourth-order valence-electron chi connectivity index (χ4n) is 6.16. The van der Waals surface area contributed by atoms with Crippen LogP contribution >= 0.6 is 0 Å². The van der Waals surface area contributed by atoms with Crippen LogP contribution in [0.5, 0.6) is 11.5 Å². The molecule has 3 heterocycles. The molecule has 3 nitrogen and oxygen atoms in total. The van der Waals surface area contributed by atoms with Crippen LogP contribution in [0.4, 0.5) is 0 Å². The lowest BCUT2D eigenvalue weighted by molar-refractivity contribution is -0.659. The number of ether oxygens (including phenoxy) is 1. The molecule has 1 aliphatic heterocycles. The van der Waals surface area contributed by atoms with E-state index in [0.717, 1.165) is 24.3 Å². The van der Waals surface area contributed by atoms with Crippen LogP contribution in [-0.4, -0.2) is 4.98 Å². The van der Waals surface area contributed by atoms with Gasteiger partial charge in [-0.05, 0) is 70.0 Å². The monoisotopic (exact) mass is 489 g/mol. The molecule has 0 bridgehead atoms. The van der Waals surface area contributed by atoms with Crippen LogP contribution in [0, 0.1) is 17.8 Å². The molecule has 0 amide bonds. The van der Waals surface area contributed by atoms with Crippen LogP contribution in [0.1, 0.15) is 58.2 Å². The van der Waals surface area contributed by atoms with Crippen molar-refractivity contribution in [2.24, 2.45) is 17.9 Å². The summed E-state index contributed by atoms with van der Waals surface area (Å²) in [5, 5.41) is 7.43. The Balaban J connectivity index is 1.72. The quantitative estimate of drug-likeness (QED) is 0.180. The number of nitrogens with zero attached hydrogens (tertiary/aromatic N) is 2. The van der Waals surface area contributed by atoms with E-state index in [1.165, 1.54) is 60.3 Å². The maximum atomic E-state index is 6.95. The average molecular weight is 490 g/mol. The van der Waals surface area contributed by atoms with Crippen LogP contribution < -0.4 is 9.30 Å². The molecule has 0 radical (unpaired) electrons. The molecule has 0 spiro atoms. The lowest BCUT2D eigenvalue weighted by Gasteiger charge is -2.28. The van der Waals surface area contributed by atoms with Gasteiger partial charge >= 0.3 is 0 Å². The molecule has 188 valence electrons. The van der Waals surface area contributed by atoms with Crippen LogP contribution in [0.3, 0.4) is 0 Å². The summed E-state index contributed by atoms with van der Waals surface area (Å²) in [5.74, 6) is 1.94. The van der Waals surface area contributed by atoms with E-state index < -0.39 is 0 Å². The second-order valence-corrected chi connectivity index (χ2v) is 13.3. The van der Waals surface area contributed by atoms with E-state index in [4.69, 9.17) is 4.74 Å². The molecule has 6 rings (SSSR count). The van der Waals surface area contributed by atoms with E-state index >= 15 is 0 Å². The van der Waals surface area contributed by atoms with Crippen molar-refractivity contribution < 1.29 is 9.30 Å². The molecule has 5 aromatic rings. The van der Waals surface area contributed by atoms with Crippen LogP contribution in [0.2, 0.25) is 0 Å². The van der Waals surface area contributed by atoms with Crippen molar-refractivity contribution in [3.8, 4) is 22.8 Å².